The summed E-state index contributed by atoms with van der Waals surface area (Å²) in [5.74, 6) is -0.295. The molecule has 0 aliphatic heterocycles. The van der Waals surface area contributed by atoms with Gasteiger partial charge in [0.1, 0.15) is 5.60 Å². The number of aromatic hydroxyl groups is 1. The van der Waals surface area contributed by atoms with Crippen LogP contribution in [-0.2, 0) is 11.3 Å². The van der Waals surface area contributed by atoms with Gasteiger partial charge in [-0.25, -0.2) is 4.79 Å². The number of rotatable bonds is 4. The molecule has 0 saturated carbocycles. The molecule has 21 heavy (non-hydrogen) atoms. The fraction of sp³-hybridized carbons (Fsp3) is 0.462. The smallest absolute Gasteiger partial charge is 0.412 e. The zero-order valence-corrected chi connectivity index (χ0v) is 12.3. The lowest BCUT2D eigenvalue weighted by molar-refractivity contribution is -0.496. The molecule has 1 aromatic rings. The van der Waals surface area contributed by atoms with Crippen LogP contribution in [0.4, 0.5) is 10.5 Å². The molecule has 0 spiro atoms. The summed E-state index contributed by atoms with van der Waals surface area (Å²) in [5.41, 5.74) is -0.441. The van der Waals surface area contributed by atoms with E-state index in [1.54, 1.807) is 20.8 Å². The number of amides is 1. The highest BCUT2D eigenvalue weighted by molar-refractivity contribution is 5.88. The lowest BCUT2D eigenvalue weighted by atomic mass is 10.1. The molecular formula is C13H18N2O6. The van der Waals surface area contributed by atoms with Crippen molar-refractivity contribution in [2.24, 2.45) is 0 Å². The Morgan fingerprint density at radius 1 is 1.43 bits per heavy atom. The summed E-state index contributed by atoms with van der Waals surface area (Å²) in [4.78, 5) is 21.7. The number of methoxy groups -OCH3 is 1. The van der Waals surface area contributed by atoms with E-state index >= 15 is 0 Å². The largest absolute Gasteiger partial charge is 0.503 e. The Morgan fingerprint density at radius 2 is 2.05 bits per heavy atom. The molecule has 116 valence electrons. The van der Waals surface area contributed by atoms with Crippen LogP contribution in [0.2, 0.25) is 0 Å². The third-order valence-corrected chi connectivity index (χ3v) is 2.30. The first kappa shape index (κ1) is 16.5. The lowest BCUT2D eigenvalue weighted by Gasteiger charge is -2.20. The predicted molar refractivity (Wildman–Crippen MR) is 75.2 cm³/mol. The Kier molecular flexibility index (Phi) is 4.96. The number of nitrogens with one attached hydrogen (secondary N) is 1. The summed E-state index contributed by atoms with van der Waals surface area (Å²) in [6, 6.07) is 2.63. The van der Waals surface area contributed by atoms with Crippen LogP contribution in [0.1, 0.15) is 26.3 Å². The topological polar surface area (TPSA) is 111 Å². The number of benzene rings is 1. The lowest BCUT2D eigenvalue weighted by Crippen LogP contribution is -2.27. The van der Waals surface area contributed by atoms with Crippen molar-refractivity contribution in [3.8, 4) is 11.5 Å². The van der Waals surface area contributed by atoms with Crippen molar-refractivity contribution in [1.29, 1.82) is 0 Å². The molecule has 0 aliphatic rings. The average molecular weight is 298 g/mol. The van der Waals surface area contributed by atoms with Gasteiger partial charge in [0.05, 0.1) is 12.8 Å². The molecule has 0 radical (unpaired) electrons. The summed E-state index contributed by atoms with van der Waals surface area (Å²) in [6.45, 7) is 4.61. The van der Waals surface area contributed by atoms with Gasteiger partial charge in [-0.15, -0.1) is 0 Å². The number of nitro groups is 1. The van der Waals surface area contributed by atoms with Crippen LogP contribution in [0.3, 0.4) is 0 Å². The number of carbonyl (C=O) groups is 1. The Labute approximate surface area is 121 Å². The summed E-state index contributed by atoms with van der Waals surface area (Å²) in [6.07, 6.45) is -0.780. The van der Waals surface area contributed by atoms with Crippen LogP contribution < -0.4 is 10.1 Å². The molecule has 0 aliphatic carbocycles. The highest BCUT2D eigenvalue weighted by atomic mass is 16.6. The number of hydrogen-bond donors (Lipinski definition) is 2. The van der Waals surface area contributed by atoms with E-state index in [-0.39, 0.29) is 22.7 Å². The Morgan fingerprint density at radius 3 is 2.52 bits per heavy atom. The minimum atomic E-state index is -0.780. The van der Waals surface area contributed by atoms with Crippen molar-refractivity contribution < 1.29 is 24.3 Å². The molecule has 0 bridgehead atoms. The van der Waals surface area contributed by atoms with Crippen molar-refractivity contribution in [2.45, 2.75) is 32.9 Å². The van der Waals surface area contributed by atoms with E-state index in [9.17, 15) is 20.0 Å². The Balaban J connectivity index is 3.04. The molecule has 8 nitrogen and oxygen atoms in total. The van der Waals surface area contributed by atoms with E-state index < -0.39 is 23.2 Å². The quantitative estimate of drug-likeness (QED) is 0.502. The van der Waals surface area contributed by atoms with Gasteiger partial charge < -0.3 is 14.6 Å². The van der Waals surface area contributed by atoms with Gasteiger partial charge in [-0.05, 0) is 32.9 Å². The highest BCUT2D eigenvalue weighted by Gasteiger charge is 2.19. The minimum Gasteiger partial charge on any atom is -0.503 e. The van der Waals surface area contributed by atoms with E-state index in [4.69, 9.17) is 9.47 Å². The van der Waals surface area contributed by atoms with Crippen LogP contribution in [0.15, 0.2) is 12.1 Å². The van der Waals surface area contributed by atoms with Crippen LogP contribution in [0, 0.1) is 10.1 Å². The number of phenols is 1. The average Bonchev–Trinajstić information content (AvgIpc) is 2.29. The first-order valence-electron chi connectivity index (χ1n) is 6.14. The molecule has 0 unspecified atom stereocenters. The molecule has 0 aromatic heterocycles. The van der Waals surface area contributed by atoms with Gasteiger partial charge >= 0.3 is 6.09 Å². The van der Waals surface area contributed by atoms with Crippen LogP contribution in [0.5, 0.6) is 11.5 Å². The van der Waals surface area contributed by atoms with E-state index in [1.165, 1.54) is 19.2 Å². The molecule has 8 heteroatoms. The molecule has 1 rings (SSSR count). The van der Waals surface area contributed by atoms with Gasteiger partial charge in [-0.2, -0.15) is 0 Å². The molecule has 0 saturated heterocycles. The summed E-state index contributed by atoms with van der Waals surface area (Å²) < 4.78 is 9.98. The van der Waals surface area contributed by atoms with E-state index in [0.717, 1.165) is 0 Å². The number of nitrogens with zero attached hydrogens (tertiary/aromatic N) is 1. The number of carbonyl (C=O) groups excluding carboxylic acids is 1. The van der Waals surface area contributed by atoms with Crippen molar-refractivity contribution in [1.82, 2.24) is 0 Å². The van der Waals surface area contributed by atoms with Gasteiger partial charge in [0.2, 0.25) is 6.54 Å². The van der Waals surface area contributed by atoms with E-state index in [0.29, 0.717) is 0 Å². The normalized spacial score (nSPS) is 10.9. The SMILES string of the molecule is COc1cc(C[N+](=O)[O-])cc(NC(=O)OC(C)(C)C)c1O. The first-order valence-corrected chi connectivity index (χ1v) is 6.14. The van der Waals surface area contributed by atoms with Crippen molar-refractivity contribution in [3.05, 3.63) is 27.8 Å². The second-order valence-electron chi connectivity index (χ2n) is 5.31. The highest BCUT2D eigenvalue weighted by Crippen LogP contribution is 2.36. The maximum Gasteiger partial charge on any atom is 0.412 e. The second kappa shape index (κ2) is 6.29. The van der Waals surface area contributed by atoms with Gasteiger partial charge in [-0.3, -0.25) is 15.4 Å². The van der Waals surface area contributed by atoms with Crippen molar-refractivity contribution >= 4 is 11.8 Å². The van der Waals surface area contributed by atoms with Gasteiger partial charge in [0.25, 0.3) is 0 Å². The standard InChI is InChI=1S/C13H18N2O6/c1-13(2,3)21-12(17)14-9-5-8(7-15(18)19)6-10(20-4)11(9)16/h5-6,16H,7H2,1-4H3,(H,14,17). The van der Waals surface area contributed by atoms with Crippen molar-refractivity contribution in [3.63, 3.8) is 0 Å². The zero-order chi connectivity index (χ0) is 16.2. The maximum absolute atomic E-state index is 11.7. The van der Waals surface area contributed by atoms with E-state index in [1.807, 2.05) is 0 Å². The first-order chi connectivity index (χ1) is 9.62. The van der Waals surface area contributed by atoms with Crippen LogP contribution >= 0.6 is 0 Å². The molecule has 1 amide bonds. The Hall–Kier alpha value is -2.51. The molecular weight excluding hydrogens is 280 g/mol. The summed E-state index contributed by atoms with van der Waals surface area (Å²) >= 11 is 0. The monoisotopic (exact) mass is 298 g/mol. The second-order valence-corrected chi connectivity index (χ2v) is 5.31. The molecule has 0 fully saturated rings. The van der Waals surface area contributed by atoms with Gasteiger partial charge in [0.15, 0.2) is 11.5 Å². The molecule has 0 atom stereocenters. The predicted octanol–water partition coefficient (Wildman–Crippen LogP) is 2.52. The fourth-order valence-electron chi connectivity index (χ4n) is 1.57. The van der Waals surface area contributed by atoms with Crippen LogP contribution in [0.25, 0.3) is 0 Å². The van der Waals surface area contributed by atoms with Crippen LogP contribution in [-0.4, -0.2) is 28.8 Å². The summed E-state index contributed by atoms with van der Waals surface area (Å²) in [7, 11) is 1.31. The number of phenolic OH excluding ortho intramolecular Hbond substituents is 1. The molecule has 2 N–H and O–H groups in total. The number of ether oxygens (including phenoxy) is 2. The molecule has 0 heterocycles. The molecule has 1 aromatic carbocycles. The number of hydrogen-bond acceptors (Lipinski definition) is 6. The van der Waals surface area contributed by atoms with Gasteiger partial charge in [-0.1, -0.05) is 0 Å². The maximum atomic E-state index is 11.7. The van der Waals surface area contributed by atoms with E-state index in [2.05, 4.69) is 5.32 Å². The summed E-state index contributed by atoms with van der Waals surface area (Å²) in [5, 5.41) is 22.8. The third kappa shape index (κ3) is 5.17. The zero-order valence-electron chi connectivity index (χ0n) is 12.3. The van der Waals surface area contributed by atoms with Gasteiger partial charge in [0, 0.05) is 10.5 Å². The Bertz CT molecular complexity index is 550. The third-order valence-electron chi connectivity index (χ3n) is 2.30. The minimum absolute atomic E-state index is 0.0135. The van der Waals surface area contributed by atoms with Crippen molar-refractivity contribution in [2.75, 3.05) is 12.4 Å². The fourth-order valence-corrected chi connectivity index (χ4v) is 1.57. The number of anilines is 1.